The van der Waals surface area contributed by atoms with E-state index in [2.05, 4.69) is 24.5 Å². The molecule has 1 aliphatic rings. The van der Waals surface area contributed by atoms with Crippen LogP contribution in [-0.4, -0.2) is 31.2 Å². The third-order valence-electron chi connectivity index (χ3n) is 3.44. The zero-order valence-electron chi connectivity index (χ0n) is 11.8. The van der Waals surface area contributed by atoms with Crippen molar-refractivity contribution in [3.05, 3.63) is 29.8 Å². The van der Waals surface area contributed by atoms with Crippen LogP contribution in [0.3, 0.4) is 0 Å². The van der Waals surface area contributed by atoms with Crippen molar-refractivity contribution < 1.29 is 9.53 Å². The number of hydrogen-bond donors (Lipinski definition) is 2. The number of benzene rings is 1. The Bertz CT molecular complexity index is 420. The molecule has 2 atom stereocenters. The van der Waals surface area contributed by atoms with Crippen LogP contribution in [0.25, 0.3) is 0 Å². The monoisotopic (exact) mass is 262 g/mol. The zero-order valence-corrected chi connectivity index (χ0v) is 11.8. The van der Waals surface area contributed by atoms with E-state index in [1.165, 1.54) is 0 Å². The van der Waals surface area contributed by atoms with Crippen molar-refractivity contribution in [3.8, 4) is 0 Å². The molecule has 104 valence electrons. The molecule has 0 bridgehead atoms. The first-order chi connectivity index (χ1) is 9.08. The van der Waals surface area contributed by atoms with Crippen molar-refractivity contribution >= 4 is 11.6 Å². The summed E-state index contributed by atoms with van der Waals surface area (Å²) in [6.45, 7) is 4.22. The number of amides is 1. The van der Waals surface area contributed by atoms with Crippen molar-refractivity contribution in [3.63, 3.8) is 0 Å². The van der Waals surface area contributed by atoms with E-state index in [-0.39, 0.29) is 5.91 Å². The van der Waals surface area contributed by atoms with Crippen LogP contribution >= 0.6 is 0 Å². The summed E-state index contributed by atoms with van der Waals surface area (Å²) in [5, 5.41) is 6.13. The average Bonchev–Trinajstić information content (AvgIpc) is 2.37. The number of rotatable bonds is 3. The number of carbonyl (C=O) groups is 1. The average molecular weight is 262 g/mol. The first-order valence-electron chi connectivity index (χ1n) is 6.82. The standard InChI is InChI=1S/C15H22N2O2/c1-10-8-14(9-11(2)19-10)17-13-6-4-12(5-7-13)15(18)16-3/h4-7,10-11,14,17H,8-9H2,1-3H3,(H,16,18). The van der Waals surface area contributed by atoms with Gasteiger partial charge in [0.25, 0.3) is 5.91 Å². The Morgan fingerprint density at radius 3 is 2.26 bits per heavy atom. The Morgan fingerprint density at radius 1 is 1.16 bits per heavy atom. The first kappa shape index (κ1) is 13.9. The van der Waals surface area contributed by atoms with Gasteiger partial charge in [-0.15, -0.1) is 0 Å². The van der Waals surface area contributed by atoms with Crippen LogP contribution in [0.4, 0.5) is 5.69 Å². The molecule has 0 spiro atoms. The second kappa shape index (κ2) is 6.06. The summed E-state index contributed by atoms with van der Waals surface area (Å²) >= 11 is 0. The van der Waals surface area contributed by atoms with Gasteiger partial charge in [0.1, 0.15) is 0 Å². The Morgan fingerprint density at radius 2 is 1.74 bits per heavy atom. The summed E-state index contributed by atoms with van der Waals surface area (Å²) in [4.78, 5) is 11.5. The molecule has 0 radical (unpaired) electrons. The third kappa shape index (κ3) is 3.70. The minimum Gasteiger partial charge on any atom is -0.382 e. The SMILES string of the molecule is CNC(=O)c1ccc(NC2CC(C)OC(C)C2)cc1. The largest absolute Gasteiger partial charge is 0.382 e. The zero-order chi connectivity index (χ0) is 13.8. The van der Waals surface area contributed by atoms with Gasteiger partial charge in [-0.3, -0.25) is 4.79 Å². The Hall–Kier alpha value is -1.55. The molecule has 1 amide bonds. The van der Waals surface area contributed by atoms with Crippen LogP contribution in [0.2, 0.25) is 0 Å². The summed E-state index contributed by atoms with van der Waals surface area (Å²) < 4.78 is 5.73. The van der Waals surface area contributed by atoms with Gasteiger partial charge in [0, 0.05) is 24.3 Å². The van der Waals surface area contributed by atoms with Crippen LogP contribution in [0, 0.1) is 0 Å². The Balaban J connectivity index is 1.97. The fourth-order valence-corrected chi connectivity index (χ4v) is 2.62. The lowest BCUT2D eigenvalue weighted by atomic mass is 9.99. The molecular weight excluding hydrogens is 240 g/mol. The summed E-state index contributed by atoms with van der Waals surface area (Å²) in [5.74, 6) is -0.0557. The maximum atomic E-state index is 11.5. The highest BCUT2D eigenvalue weighted by molar-refractivity contribution is 5.94. The molecule has 1 aromatic carbocycles. The summed E-state index contributed by atoms with van der Waals surface area (Å²) in [5.41, 5.74) is 1.74. The molecule has 1 saturated heterocycles. The van der Waals surface area contributed by atoms with Gasteiger partial charge in [-0.2, -0.15) is 0 Å². The van der Waals surface area contributed by atoms with Crippen LogP contribution in [-0.2, 0) is 4.74 Å². The number of hydrogen-bond acceptors (Lipinski definition) is 3. The van der Waals surface area contributed by atoms with E-state index in [1.807, 2.05) is 24.3 Å². The summed E-state index contributed by atoms with van der Waals surface area (Å²) in [6, 6.07) is 8.02. The number of ether oxygens (including phenoxy) is 1. The molecule has 4 heteroatoms. The fraction of sp³-hybridized carbons (Fsp3) is 0.533. The molecule has 1 aromatic rings. The van der Waals surface area contributed by atoms with E-state index < -0.39 is 0 Å². The van der Waals surface area contributed by atoms with Crippen LogP contribution in [0.5, 0.6) is 0 Å². The minimum absolute atomic E-state index is 0.0557. The molecule has 4 nitrogen and oxygen atoms in total. The molecule has 0 aliphatic carbocycles. The molecule has 1 fully saturated rings. The lowest BCUT2D eigenvalue weighted by molar-refractivity contribution is -0.0337. The highest BCUT2D eigenvalue weighted by atomic mass is 16.5. The second-order valence-corrected chi connectivity index (χ2v) is 5.23. The topological polar surface area (TPSA) is 50.4 Å². The predicted molar refractivity (Wildman–Crippen MR) is 76.5 cm³/mol. The van der Waals surface area contributed by atoms with Crippen molar-refractivity contribution in [2.75, 3.05) is 12.4 Å². The fourth-order valence-electron chi connectivity index (χ4n) is 2.62. The van der Waals surface area contributed by atoms with E-state index in [1.54, 1.807) is 7.05 Å². The molecular formula is C15H22N2O2. The number of nitrogens with one attached hydrogen (secondary N) is 2. The number of anilines is 1. The normalized spacial score (nSPS) is 26.8. The second-order valence-electron chi connectivity index (χ2n) is 5.23. The molecule has 1 aliphatic heterocycles. The first-order valence-corrected chi connectivity index (χ1v) is 6.82. The summed E-state index contributed by atoms with van der Waals surface area (Å²) in [6.07, 6.45) is 2.63. The minimum atomic E-state index is -0.0557. The van der Waals surface area contributed by atoms with Gasteiger partial charge < -0.3 is 15.4 Å². The highest BCUT2D eigenvalue weighted by Gasteiger charge is 2.24. The lowest BCUT2D eigenvalue weighted by Gasteiger charge is -2.33. The van der Waals surface area contributed by atoms with E-state index >= 15 is 0 Å². The number of carbonyl (C=O) groups excluding carboxylic acids is 1. The van der Waals surface area contributed by atoms with Gasteiger partial charge in [0.2, 0.25) is 0 Å². The van der Waals surface area contributed by atoms with Crippen molar-refractivity contribution in [1.82, 2.24) is 5.32 Å². The van der Waals surface area contributed by atoms with Gasteiger partial charge >= 0.3 is 0 Å². The maximum absolute atomic E-state index is 11.5. The van der Waals surface area contributed by atoms with E-state index in [9.17, 15) is 4.79 Å². The molecule has 2 N–H and O–H groups in total. The molecule has 2 unspecified atom stereocenters. The van der Waals surface area contributed by atoms with Gasteiger partial charge in [-0.1, -0.05) is 0 Å². The quantitative estimate of drug-likeness (QED) is 0.879. The lowest BCUT2D eigenvalue weighted by Crippen LogP contribution is -2.36. The molecule has 0 aromatic heterocycles. The van der Waals surface area contributed by atoms with Crippen LogP contribution in [0.15, 0.2) is 24.3 Å². The van der Waals surface area contributed by atoms with E-state index in [0.717, 1.165) is 18.5 Å². The van der Waals surface area contributed by atoms with Gasteiger partial charge in [0.05, 0.1) is 12.2 Å². The molecule has 2 rings (SSSR count). The van der Waals surface area contributed by atoms with Crippen LogP contribution in [0.1, 0.15) is 37.0 Å². The highest BCUT2D eigenvalue weighted by Crippen LogP contribution is 2.22. The third-order valence-corrected chi connectivity index (χ3v) is 3.44. The van der Waals surface area contributed by atoms with Gasteiger partial charge in [-0.25, -0.2) is 0 Å². The van der Waals surface area contributed by atoms with Crippen molar-refractivity contribution in [2.45, 2.75) is 44.9 Å². The van der Waals surface area contributed by atoms with Gasteiger partial charge in [0.15, 0.2) is 0 Å². The van der Waals surface area contributed by atoms with E-state index in [4.69, 9.17) is 4.74 Å². The van der Waals surface area contributed by atoms with Gasteiger partial charge in [-0.05, 0) is 51.0 Å². The summed E-state index contributed by atoms with van der Waals surface area (Å²) in [7, 11) is 1.64. The molecule has 19 heavy (non-hydrogen) atoms. The predicted octanol–water partition coefficient (Wildman–Crippen LogP) is 2.41. The Labute approximate surface area is 114 Å². The maximum Gasteiger partial charge on any atom is 0.251 e. The molecule has 1 heterocycles. The van der Waals surface area contributed by atoms with Crippen molar-refractivity contribution in [2.24, 2.45) is 0 Å². The smallest absolute Gasteiger partial charge is 0.251 e. The molecule has 0 saturated carbocycles. The van der Waals surface area contributed by atoms with Crippen LogP contribution < -0.4 is 10.6 Å². The Kier molecular flexibility index (Phi) is 4.43. The van der Waals surface area contributed by atoms with Crippen molar-refractivity contribution in [1.29, 1.82) is 0 Å². The van der Waals surface area contributed by atoms with E-state index in [0.29, 0.717) is 23.8 Å².